The molecule has 0 atom stereocenters. The minimum atomic E-state index is -0.0965. The smallest absolute Gasteiger partial charge is 0.228 e. The topological polar surface area (TPSA) is 46.3 Å². The molecule has 1 saturated heterocycles. The van der Waals surface area contributed by atoms with Gasteiger partial charge in [0, 0.05) is 18.5 Å². The Balaban J connectivity index is 1.94. The van der Waals surface area contributed by atoms with Crippen LogP contribution in [0.25, 0.3) is 0 Å². The molecule has 0 aromatic heterocycles. The summed E-state index contributed by atoms with van der Waals surface area (Å²) in [5, 5.41) is 0. The van der Waals surface area contributed by atoms with Crippen LogP contribution < -0.4 is 5.73 Å². The standard InChI is InChI=1S/C13H24N2O/c1-3-13(14)9-15(10-13)11(16)12(2)7-5-4-6-8-12/h3-10,14H2,1-2H3. The molecular formula is C13H24N2O. The average Bonchev–Trinajstić information content (AvgIpc) is 2.25. The molecule has 2 rings (SSSR count). The maximum absolute atomic E-state index is 12.4. The van der Waals surface area contributed by atoms with Crippen molar-refractivity contribution in [1.29, 1.82) is 0 Å². The van der Waals surface area contributed by atoms with Gasteiger partial charge >= 0.3 is 0 Å². The lowest BCUT2D eigenvalue weighted by Crippen LogP contribution is -2.69. The van der Waals surface area contributed by atoms with E-state index in [1.807, 2.05) is 4.90 Å². The normalized spacial score (nSPS) is 27.3. The third-order valence-electron chi connectivity index (χ3n) is 4.48. The van der Waals surface area contributed by atoms with E-state index < -0.39 is 0 Å². The van der Waals surface area contributed by atoms with Crippen LogP contribution in [0.3, 0.4) is 0 Å². The van der Waals surface area contributed by atoms with E-state index in [0.717, 1.165) is 32.4 Å². The zero-order valence-corrected chi connectivity index (χ0v) is 10.6. The second-order valence-corrected chi connectivity index (χ2v) is 6.00. The highest BCUT2D eigenvalue weighted by atomic mass is 16.2. The summed E-state index contributed by atoms with van der Waals surface area (Å²) in [6.45, 7) is 5.76. The Hall–Kier alpha value is -0.570. The molecule has 1 saturated carbocycles. The minimum absolute atomic E-state index is 0.0900. The summed E-state index contributed by atoms with van der Waals surface area (Å²) >= 11 is 0. The van der Waals surface area contributed by atoms with Gasteiger partial charge in [0.05, 0.1) is 5.54 Å². The first-order valence-corrected chi connectivity index (χ1v) is 6.57. The fourth-order valence-corrected chi connectivity index (χ4v) is 3.01. The molecule has 1 aliphatic carbocycles. The van der Waals surface area contributed by atoms with Gasteiger partial charge in [0.2, 0.25) is 5.91 Å². The molecular weight excluding hydrogens is 200 g/mol. The molecule has 3 heteroatoms. The Bertz CT molecular complexity index is 276. The van der Waals surface area contributed by atoms with Crippen LogP contribution in [0, 0.1) is 5.41 Å². The van der Waals surface area contributed by atoms with E-state index in [-0.39, 0.29) is 11.0 Å². The number of nitrogens with zero attached hydrogens (tertiary/aromatic N) is 1. The summed E-state index contributed by atoms with van der Waals surface area (Å²) in [5.41, 5.74) is 5.92. The molecule has 16 heavy (non-hydrogen) atoms. The number of nitrogens with two attached hydrogens (primary N) is 1. The lowest BCUT2D eigenvalue weighted by Gasteiger charge is -2.50. The van der Waals surface area contributed by atoms with Crippen LogP contribution in [0.5, 0.6) is 0 Å². The number of rotatable bonds is 2. The molecule has 0 spiro atoms. The fraction of sp³-hybridized carbons (Fsp3) is 0.923. The molecule has 0 bridgehead atoms. The van der Waals surface area contributed by atoms with Gasteiger partial charge in [0.15, 0.2) is 0 Å². The molecule has 2 fully saturated rings. The Labute approximate surface area is 98.4 Å². The van der Waals surface area contributed by atoms with Gasteiger partial charge in [0.25, 0.3) is 0 Å². The molecule has 3 nitrogen and oxygen atoms in total. The Kier molecular flexibility index (Phi) is 2.99. The number of hydrogen-bond acceptors (Lipinski definition) is 2. The summed E-state index contributed by atoms with van der Waals surface area (Å²) < 4.78 is 0. The summed E-state index contributed by atoms with van der Waals surface area (Å²) in [6.07, 6.45) is 6.79. The van der Waals surface area contributed by atoms with Gasteiger partial charge in [-0.2, -0.15) is 0 Å². The Morgan fingerprint density at radius 1 is 1.25 bits per heavy atom. The molecule has 0 unspecified atom stereocenters. The summed E-state index contributed by atoms with van der Waals surface area (Å²) in [6, 6.07) is 0. The predicted molar refractivity (Wildman–Crippen MR) is 65.0 cm³/mol. The molecule has 92 valence electrons. The summed E-state index contributed by atoms with van der Waals surface area (Å²) in [7, 11) is 0. The van der Waals surface area contributed by atoms with Crippen molar-refractivity contribution < 1.29 is 4.79 Å². The highest BCUT2D eigenvalue weighted by molar-refractivity contribution is 5.83. The largest absolute Gasteiger partial charge is 0.338 e. The van der Waals surface area contributed by atoms with Crippen molar-refractivity contribution >= 4 is 5.91 Å². The van der Waals surface area contributed by atoms with Crippen LogP contribution in [0.1, 0.15) is 52.4 Å². The molecule has 0 aromatic rings. The Morgan fingerprint density at radius 3 is 2.31 bits per heavy atom. The minimum Gasteiger partial charge on any atom is -0.338 e. The predicted octanol–water partition coefficient (Wildman–Crippen LogP) is 1.91. The van der Waals surface area contributed by atoms with Crippen molar-refractivity contribution in [2.75, 3.05) is 13.1 Å². The van der Waals surface area contributed by atoms with E-state index in [4.69, 9.17) is 5.73 Å². The van der Waals surface area contributed by atoms with Gasteiger partial charge in [-0.3, -0.25) is 4.79 Å². The summed E-state index contributed by atoms with van der Waals surface area (Å²) in [5.74, 6) is 0.349. The van der Waals surface area contributed by atoms with E-state index in [9.17, 15) is 4.79 Å². The zero-order chi connectivity index (χ0) is 11.8. The maximum atomic E-state index is 12.4. The van der Waals surface area contributed by atoms with Crippen LogP contribution >= 0.6 is 0 Å². The third-order valence-corrected chi connectivity index (χ3v) is 4.48. The Morgan fingerprint density at radius 2 is 1.81 bits per heavy atom. The van der Waals surface area contributed by atoms with Crippen molar-refractivity contribution in [2.24, 2.45) is 11.1 Å². The number of carbonyl (C=O) groups excluding carboxylic acids is 1. The quantitative estimate of drug-likeness (QED) is 0.778. The molecule has 1 amide bonds. The van der Waals surface area contributed by atoms with E-state index in [2.05, 4.69) is 13.8 Å². The second-order valence-electron chi connectivity index (χ2n) is 6.00. The number of likely N-dealkylation sites (tertiary alicyclic amines) is 1. The summed E-state index contributed by atoms with van der Waals surface area (Å²) in [4.78, 5) is 14.3. The van der Waals surface area contributed by atoms with Crippen LogP contribution in [0.4, 0.5) is 0 Å². The van der Waals surface area contributed by atoms with Crippen LogP contribution in [0.2, 0.25) is 0 Å². The van der Waals surface area contributed by atoms with Gasteiger partial charge in [-0.05, 0) is 19.3 Å². The SMILES string of the molecule is CCC1(N)CN(C(=O)C2(C)CCCCC2)C1. The number of amides is 1. The van der Waals surface area contributed by atoms with E-state index in [0.29, 0.717) is 5.91 Å². The lowest BCUT2D eigenvalue weighted by atomic mass is 9.73. The van der Waals surface area contributed by atoms with Crippen molar-refractivity contribution in [1.82, 2.24) is 4.90 Å². The number of carbonyl (C=O) groups is 1. The van der Waals surface area contributed by atoms with E-state index in [1.165, 1.54) is 19.3 Å². The van der Waals surface area contributed by atoms with E-state index >= 15 is 0 Å². The molecule has 2 N–H and O–H groups in total. The van der Waals surface area contributed by atoms with Gasteiger partial charge in [0.1, 0.15) is 0 Å². The lowest BCUT2D eigenvalue weighted by molar-refractivity contribution is -0.151. The first-order chi connectivity index (χ1) is 7.49. The van der Waals surface area contributed by atoms with Crippen molar-refractivity contribution in [2.45, 2.75) is 57.9 Å². The van der Waals surface area contributed by atoms with Gasteiger partial charge in [-0.25, -0.2) is 0 Å². The van der Waals surface area contributed by atoms with Crippen molar-refractivity contribution in [3.63, 3.8) is 0 Å². The van der Waals surface area contributed by atoms with E-state index in [1.54, 1.807) is 0 Å². The third kappa shape index (κ3) is 1.97. The average molecular weight is 224 g/mol. The molecule has 1 aliphatic heterocycles. The highest BCUT2D eigenvalue weighted by Gasteiger charge is 2.46. The van der Waals surface area contributed by atoms with Crippen LogP contribution in [-0.2, 0) is 4.79 Å². The van der Waals surface area contributed by atoms with Gasteiger partial charge < -0.3 is 10.6 Å². The van der Waals surface area contributed by atoms with Gasteiger partial charge in [-0.15, -0.1) is 0 Å². The van der Waals surface area contributed by atoms with Gasteiger partial charge in [-0.1, -0.05) is 33.1 Å². The first-order valence-electron chi connectivity index (χ1n) is 6.57. The van der Waals surface area contributed by atoms with Crippen molar-refractivity contribution in [3.8, 4) is 0 Å². The first kappa shape index (κ1) is 11.9. The fourth-order valence-electron chi connectivity index (χ4n) is 3.01. The molecule has 2 aliphatic rings. The van der Waals surface area contributed by atoms with Crippen LogP contribution in [0.15, 0.2) is 0 Å². The molecule has 0 radical (unpaired) electrons. The maximum Gasteiger partial charge on any atom is 0.228 e. The highest BCUT2D eigenvalue weighted by Crippen LogP contribution is 2.39. The monoisotopic (exact) mass is 224 g/mol. The van der Waals surface area contributed by atoms with Crippen LogP contribution in [-0.4, -0.2) is 29.4 Å². The number of hydrogen-bond donors (Lipinski definition) is 1. The molecule has 1 heterocycles. The second kappa shape index (κ2) is 4.02. The van der Waals surface area contributed by atoms with Crippen molar-refractivity contribution in [3.05, 3.63) is 0 Å². The zero-order valence-electron chi connectivity index (χ0n) is 10.6. The molecule has 0 aromatic carbocycles.